The van der Waals surface area contributed by atoms with Gasteiger partial charge in [-0.3, -0.25) is 14.5 Å². The summed E-state index contributed by atoms with van der Waals surface area (Å²) in [5.41, 5.74) is 2.64. The Morgan fingerprint density at radius 2 is 1.69 bits per heavy atom. The molecule has 1 fully saturated rings. The largest absolute Gasteiger partial charge is 0.497 e. The number of fused-ring (bicyclic) bond motifs is 4. The van der Waals surface area contributed by atoms with Crippen LogP contribution in [0.5, 0.6) is 5.75 Å². The molecule has 2 bridgehead atoms. The van der Waals surface area contributed by atoms with Gasteiger partial charge in [-0.05, 0) is 34.9 Å². The number of nitrogens with zero attached hydrogens (tertiary/aromatic N) is 2. The van der Waals surface area contributed by atoms with Crippen molar-refractivity contribution in [1.82, 2.24) is 9.47 Å². The Morgan fingerprint density at radius 3 is 2.31 bits per heavy atom. The van der Waals surface area contributed by atoms with E-state index in [1.165, 1.54) is 14.2 Å². The predicted molar refractivity (Wildman–Crippen MR) is 118 cm³/mol. The fraction of sp³-hybridized carbons (Fsp3) is 0.360. The number of aromatic nitrogens is 1. The number of rotatable bonds is 5. The zero-order valence-corrected chi connectivity index (χ0v) is 18.6. The molecule has 2 unspecified atom stereocenters. The normalized spacial score (nSPS) is 20.9. The van der Waals surface area contributed by atoms with Gasteiger partial charge in [-0.15, -0.1) is 0 Å². The van der Waals surface area contributed by atoms with Crippen LogP contribution in [0.15, 0.2) is 48.7 Å². The van der Waals surface area contributed by atoms with Crippen molar-refractivity contribution in [3.8, 4) is 5.75 Å². The summed E-state index contributed by atoms with van der Waals surface area (Å²) in [7, 11) is 6.29. The maximum atomic E-state index is 13.4. The fourth-order valence-electron chi connectivity index (χ4n) is 5.80. The molecule has 3 aromatic rings. The van der Waals surface area contributed by atoms with Crippen LogP contribution >= 0.6 is 0 Å². The number of hydrogen-bond acceptors (Lipinski definition) is 6. The zero-order valence-electron chi connectivity index (χ0n) is 18.6. The average molecular weight is 434 g/mol. The Morgan fingerprint density at radius 1 is 1.00 bits per heavy atom. The van der Waals surface area contributed by atoms with Crippen molar-refractivity contribution in [2.24, 2.45) is 12.5 Å². The first kappa shape index (κ1) is 20.6. The molecule has 2 atom stereocenters. The van der Waals surface area contributed by atoms with E-state index in [4.69, 9.17) is 14.2 Å². The third-order valence-corrected chi connectivity index (χ3v) is 7.10. The first-order chi connectivity index (χ1) is 15.5. The van der Waals surface area contributed by atoms with Crippen LogP contribution < -0.4 is 4.74 Å². The van der Waals surface area contributed by atoms with Gasteiger partial charge in [0.1, 0.15) is 5.75 Å². The molecule has 7 nitrogen and oxygen atoms in total. The fourth-order valence-corrected chi connectivity index (χ4v) is 5.80. The Labute approximate surface area is 186 Å². The van der Waals surface area contributed by atoms with E-state index >= 15 is 0 Å². The number of hydrogen-bond donors (Lipinski definition) is 0. The summed E-state index contributed by atoms with van der Waals surface area (Å²) < 4.78 is 17.8. The zero-order chi connectivity index (χ0) is 22.6. The number of likely N-dealkylation sites (tertiary alicyclic amines) is 1. The molecule has 5 rings (SSSR count). The molecule has 166 valence electrons. The van der Waals surface area contributed by atoms with E-state index < -0.39 is 23.4 Å². The van der Waals surface area contributed by atoms with Gasteiger partial charge in [0.2, 0.25) is 0 Å². The number of ether oxygens (including phenoxy) is 3. The molecule has 0 spiro atoms. The minimum atomic E-state index is -1.46. The molecule has 0 N–H and O–H groups in total. The Balaban J connectivity index is 1.71. The van der Waals surface area contributed by atoms with E-state index in [0.717, 1.165) is 33.3 Å². The van der Waals surface area contributed by atoms with Gasteiger partial charge in [-0.2, -0.15) is 0 Å². The van der Waals surface area contributed by atoms with E-state index in [-0.39, 0.29) is 5.92 Å². The number of benzene rings is 2. The van der Waals surface area contributed by atoms with E-state index in [0.29, 0.717) is 13.1 Å². The van der Waals surface area contributed by atoms with Crippen LogP contribution in [0.1, 0.15) is 28.7 Å². The Kier molecular flexibility index (Phi) is 4.74. The second kappa shape index (κ2) is 7.38. The summed E-state index contributed by atoms with van der Waals surface area (Å²) >= 11 is 0. The minimum absolute atomic E-state index is 0.371. The lowest BCUT2D eigenvalue weighted by Crippen LogP contribution is -2.50. The van der Waals surface area contributed by atoms with Crippen LogP contribution in [0.3, 0.4) is 0 Å². The van der Waals surface area contributed by atoms with Crippen LogP contribution in [0.2, 0.25) is 0 Å². The molecule has 0 radical (unpaired) electrons. The average Bonchev–Trinajstić information content (AvgIpc) is 3.29. The minimum Gasteiger partial charge on any atom is -0.497 e. The molecule has 2 heterocycles. The van der Waals surface area contributed by atoms with Gasteiger partial charge in [0.25, 0.3) is 0 Å². The van der Waals surface area contributed by atoms with Gasteiger partial charge < -0.3 is 18.8 Å². The first-order valence-electron chi connectivity index (χ1n) is 10.6. The van der Waals surface area contributed by atoms with Crippen molar-refractivity contribution in [1.29, 1.82) is 0 Å². The highest BCUT2D eigenvalue weighted by Crippen LogP contribution is 2.62. The highest BCUT2D eigenvalue weighted by Gasteiger charge is 2.69. The van der Waals surface area contributed by atoms with Gasteiger partial charge in [0, 0.05) is 43.2 Å². The van der Waals surface area contributed by atoms with Crippen molar-refractivity contribution in [2.45, 2.75) is 18.5 Å². The number of esters is 2. The smallest absolute Gasteiger partial charge is 0.325 e. The van der Waals surface area contributed by atoms with Gasteiger partial charge >= 0.3 is 11.9 Å². The highest BCUT2D eigenvalue weighted by atomic mass is 16.5. The summed E-state index contributed by atoms with van der Waals surface area (Å²) in [5, 5.41) is 1.12. The summed E-state index contributed by atoms with van der Waals surface area (Å²) in [6, 6.07) is 13.4. The van der Waals surface area contributed by atoms with Gasteiger partial charge in [0.05, 0.1) is 27.4 Å². The van der Waals surface area contributed by atoms with Crippen LogP contribution in [-0.2, 0) is 32.7 Å². The summed E-state index contributed by atoms with van der Waals surface area (Å²) in [6.07, 6.45) is 2.03. The lowest BCUT2D eigenvalue weighted by Gasteiger charge is -2.39. The van der Waals surface area contributed by atoms with Gasteiger partial charge in [-0.1, -0.05) is 24.3 Å². The third kappa shape index (κ3) is 2.57. The van der Waals surface area contributed by atoms with E-state index in [1.807, 2.05) is 49.6 Å². The van der Waals surface area contributed by atoms with Crippen LogP contribution in [0.4, 0.5) is 0 Å². The van der Waals surface area contributed by atoms with Crippen molar-refractivity contribution in [3.63, 3.8) is 0 Å². The summed E-state index contributed by atoms with van der Waals surface area (Å²) in [4.78, 5) is 29.0. The van der Waals surface area contributed by atoms with E-state index in [2.05, 4.69) is 15.5 Å². The quantitative estimate of drug-likeness (QED) is 0.454. The SMILES string of the molecule is COC(=O)C1(C(=O)OC)C2CN(Cc3ccc(OC)cc3)C1c1cn(C)c3cccc2c13. The molecule has 32 heavy (non-hydrogen) atoms. The molecule has 1 aromatic heterocycles. The second-order valence-corrected chi connectivity index (χ2v) is 8.52. The molecule has 0 amide bonds. The molecule has 1 aliphatic carbocycles. The molecule has 2 aromatic carbocycles. The Bertz CT molecular complexity index is 1200. The maximum Gasteiger partial charge on any atom is 0.325 e. The third-order valence-electron chi connectivity index (χ3n) is 7.10. The maximum absolute atomic E-state index is 13.4. The standard InChI is InChI=1S/C25H26N2O5/c1-26-13-18-21-17(6-5-7-20(21)26)19-14-27(12-15-8-10-16(30-2)11-9-15)22(18)25(19,23(28)31-3)24(29)32-4/h5-11,13,19,22H,12,14H2,1-4H3. The molecule has 7 heteroatoms. The molecular formula is C25H26N2O5. The Hall–Kier alpha value is -3.32. The summed E-state index contributed by atoms with van der Waals surface area (Å²) in [6.45, 7) is 1.11. The topological polar surface area (TPSA) is 70.0 Å². The monoisotopic (exact) mass is 434 g/mol. The van der Waals surface area contributed by atoms with E-state index in [9.17, 15) is 9.59 Å². The molecule has 1 saturated heterocycles. The van der Waals surface area contributed by atoms with Crippen LogP contribution in [0.25, 0.3) is 10.9 Å². The molecule has 1 aliphatic heterocycles. The van der Waals surface area contributed by atoms with Crippen molar-refractivity contribution < 1.29 is 23.8 Å². The molecule has 0 saturated carbocycles. The highest BCUT2D eigenvalue weighted by molar-refractivity contribution is 6.06. The summed E-state index contributed by atoms with van der Waals surface area (Å²) in [5.74, 6) is -0.694. The molecular weight excluding hydrogens is 408 g/mol. The van der Waals surface area contributed by atoms with Gasteiger partial charge in [0.15, 0.2) is 5.41 Å². The number of aryl methyl sites for hydroxylation is 1. The van der Waals surface area contributed by atoms with Gasteiger partial charge in [-0.25, -0.2) is 0 Å². The van der Waals surface area contributed by atoms with Crippen molar-refractivity contribution in [2.75, 3.05) is 27.9 Å². The number of carbonyl (C=O) groups excluding carboxylic acids is 2. The predicted octanol–water partition coefficient (Wildman–Crippen LogP) is 3.17. The van der Waals surface area contributed by atoms with Crippen LogP contribution in [0, 0.1) is 5.41 Å². The number of methoxy groups -OCH3 is 3. The van der Waals surface area contributed by atoms with Crippen molar-refractivity contribution in [3.05, 3.63) is 65.4 Å². The van der Waals surface area contributed by atoms with E-state index in [1.54, 1.807) is 7.11 Å². The lowest BCUT2D eigenvalue weighted by atomic mass is 9.64. The van der Waals surface area contributed by atoms with Crippen LogP contribution in [-0.4, -0.2) is 49.3 Å². The van der Waals surface area contributed by atoms with Crippen molar-refractivity contribution >= 4 is 22.8 Å². The molecule has 2 aliphatic rings. The number of carbonyl (C=O) groups is 2. The second-order valence-electron chi connectivity index (χ2n) is 8.52. The first-order valence-corrected chi connectivity index (χ1v) is 10.6. The lowest BCUT2D eigenvalue weighted by molar-refractivity contribution is -0.173.